The van der Waals surface area contributed by atoms with Crippen LogP contribution >= 0.6 is 0 Å². The molecule has 0 saturated carbocycles. The molecule has 1 aliphatic heterocycles. The number of nitrogens with zero attached hydrogens (tertiary/aromatic N) is 2. The second-order valence-corrected chi connectivity index (χ2v) is 2.62. The van der Waals surface area contributed by atoms with Crippen LogP contribution in [0.5, 0.6) is 0 Å². The van der Waals surface area contributed by atoms with Crippen molar-refractivity contribution in [1.82, 2.24) is 9.80 Å². The molecule has 0 aromatic rings. The molecule has 0 unspecified atom stereocenters. The first-order valence-electron chi connectivity index (χ1n) is 3.88. The van der Waals surface area contributed by atoms with Gasteiger partial charge in [0.15, 0.2) is 0 Å². The van der Waals surface area contributed by atoms with E-state index >= 15 is 0 Å². The third-order valence-electron chi connectivity index (χ3n) is 1.34. The summed E-state index contributed by atoms with van der Waals surface area (Å²) in [5, 5.41) is 7.42. The number of hydrogen-bond donors (Lipinski definition) is 1. The van der Waals surface area contributed by atoms with E-state index in [2.05, 4.69) is 36.2 Å². The maximum atomic E-state index is 9.00. The number of rotatable bonds is 1. The van der Waals surface area contributed by atoms with Crippen LogP contribution < -0.4 is 0 Å². The first-order valence-corrected chi connectivity index (χ1v) is 3.88. The van der Waals surface area contributed by atoms with Crippen LogP contribution in [-0.2, 0) is 4.79 Å². The fourth-order valence-electron chi connectivity index (χ4n) is 0.794. The van der Waals surface area contributed by atoms with E-state index in [1.165, 1.54) is 0 Å². The van der Waals surface area contributed by atoms with Crippen molar-refractivity contribution in [3.05, 3.63) is 12.4 Å². The number of aliphatic carboxylic acids is 1. The zero-order valence-corrected chi connectivity index (χ0v) is 7.82. The molecule has 0 aliphatic carbocycles. The van der Waals surface area contributed by atoms with Gasteiger partial charge in [0.1, 0.15) is 0 Å². The summed E-state index contributed by atoms with van der Waals surface area (Å²) < 4.78 is 0. The van der Waals surface area contributed by atoms with Crippen molar-refractivity contribution in [2.24, 2.45) is 0 Å². The van der Waals surface area contributed by atoms with Gasteiger partial charge in [-0.2, -0.15) is 0 Å². The van der Waals surface area contributed by atoms with Gasteiger partial charge < -0.3 is 14.9 Å². The van der Waals surface area contributed by atoms with E-state index in [0.717, 1.165) is 20.1 Å². The lowest BCUT2D eigenvalue weighted by molar-refractivity contribution is -0.134. The van der Waals surface area contributed by atoms with Crippen LogP contribution in [0.4, 0.5) is 0 Å². The van der Waals surface area contributed by atoms with Gasteiger partial charge in [-0.15, -0.1) is 0 Å². The average Bonchev–Trinajstić information content (AvgIpc) is 2.34. The van der Waals surface area contributed by atoms with Gasteiger partial charge in [0.05, 0.1) is 6.67 Å². The van der Waals surface area contributed by atoms with Crippen LogP contribution in [0.2, 0.25) is 0 Å². The van der Waals surface area contributed by atoms with E-state index in [4.69, 9.17) is 9.90 Å². The molecule has 0 atom stereocenters. The molecule has 70 valence electrons. The van der Waals surface area contributed by atoms with E-state index in [1.807, 2.05) is 0 Å². The van der Waals surface area contributed by atoms with Gasteiger partial charge in [-0.1, -0.05) is 0 Å². The topological polar surface area (TPSA) is 43.8 Å². The van der Waals surface area contributed by atoms with Crippen molar-refractivity contribution < 1.29 is 9.90 Å². The van der Waals surface area contributed by atoms with Crippen LogP contribution in [0.15, 0.2) is 12.4 Å². The highest BCUT2D eigenvalue weighted by Crippen LogP contribution is 2.00. The Bertz CT molecular complexity index is 164. The number of carbonyl (C=O) groups is 1. The molecule has 1 rings (SSSR count). The largest absolute Gasteiger partial charge is 0.481 e. The standard InChI is InChI=1S/C6H12N2.C2H4O2/c1-3-8-5-4-7(2)6-8;1-2(3)4/h4-5H,3,6H2,1-2H3;1H3,(H,3,4). The van der Waals surface area contributed by atoms with Gasteiger partial charge in [-0.3, -0.25) is 4.79 Å². The number of carboxylic acids is 1. The van der Waals surface area contributed by atoms with Crippen LogP contribution in [0, 0.1) is 0 Å². The van der Waals surface area contributed by atoms with E-state index in [9.17, 15) is 0 Å². The molecular formula is C8H16N2O2. The number of carboxylic acid groups (broad SMARTS) is 1. The lowest BCUT2D eigenvalue weighted by Gasteiger charge is -2.14. The van der Waals surface area contributed by atoms with Crippen molar-refractivity contribution in [1.29, 1.82) is 0 Å². The molecule has 1 heterocycles. The van der Waals surface area contributed by atoms with Crippen molar-refractivity contribution in [3.8, 4) is 0 Å². The molecule has 0 aromatic heterocycles. The SMILES string of the molecule is CC(=O)O.CCN1C=CN(C)C1. The van der Waals surface area contributed by atoms with Gasteiger partial charge in [-0.25, -0.2) is 0 Å². The van der Waals surface area contributed by atoms with E-state index < -0.39 is 5.97 Å². The molecule has 12 heavy (non-hydrogen) atoms. The fourth-order valence-corrected chi connectivity index (χ4v) is 0.794. The highest BCUT2D eigenvalue weighted by molar-refractivity contribution is 5.62. The van der Waals surface area contributed by atoms with E-state index in [0.29, 0.717) is 0 Å². The van der Waals surface area contributed by atoms with Gasteiger partial charge in [0.2, 0.25) is 0 Å². The zero-order chi connectivity index (χ0) is 9.56. The first kappa shape index (κ1) is 10.8. The Morgan fingerprint density at radius 1 is 1.58 bits per heavy atom. The van der Waals surface area contributed by atoms with Gasteiger partial charge in [0.25, 0.3) is 5.97 Å². The summed E-state index contributed by atoms with van der Waals surface area (Å²) in [6, 6.07) is 0. The van der Waals surface area contributed by atoms with E-state index in [1.54, 1.807) is 0 Å². The van der Waals surface area contributed by atoms with Crippen molar-refractivity contribution in [2.75, 3.05) is 20.3 Å². The normalized spacial score (nSPS) is 14.2. The summed E-state index contributed by atoms with van der Waals surface area (Å²) in [6.07, 6.45) is 4.20. The summed E-state index contributed by atoms with van der Waals surface area (Å²) >= 11 is 0. The maximum absolute atomic E-state index is 9.00. The molecule has 4 heteroatoms. The van der Waals surface area contributed by atoms with Gasteiger partial charge in [0, 0.05) is 32.9 Å². The molecule has 0 amide bonds. The Balaban J connectivity index is 0.000000261. The van der Waals surface area contributed by atoms with Crippen molar-refractivity contribution in [3.63, 3.8) is 0 Å². The Labute approximate surface area is 73.1 Å². The smallest absolute Gasteiger partial charge is 0.300 e. The van der Waals surface area contributed by atoms with Gasteiger partial charge in [-0.05, 0) is 6.92 Å². The minimum absolute atomic E-state index is 0.833. The molecule has 4 nitrogen and oxygen atoms in total. The summed E-state index contributed by atoms with van der Waals surface area (Å²) in [4.78, 5) is 13.4. The molecule has 0 spiro atoms. The monoisotopic (exact) mass is 172 g/mol. The third kappa shape index (κ3) is 5.58. The Hall–Kier alpha value is -1.19. The van der Waals surface area contributed by atoms with Gasteiger partial charge >= 0.3 is 0 Å². The Morgan fingerprint density at radius 2 is 2.08 bits per heavy atom. The Morgan fingerprint density at radius 3 is 2.25 bits per heavy atom. The number of hydrogen-bond acceptors (Lipinski definition) is 3. The molecule has 0 radical (unpaired) electrons. The second-order valence-electron chi connectivity index (χ2n) is 2.62. The predicted molar refractivity (Wildman–Crippen MR) is 47.5 cm³/mol. The molecule has 0 saturated heterocycles. The third-order valence-corrected chi connectivity index (χ3v) is 1.34. The molecule has 1 aliphatic rings. The molecule has 0 bridgehead atoms. The lowest BCUT2D eigenvalue weighted by Crippen LogP contribution is -2.21. The fraction of sp³-hybridized carbons (Fsp3) is 0.625. The maximum Gasteiger partial charge on any atom is 0.300 e. The second kappa shape index (κ2) is 5.46. The van der Waals surface area contributed by atoms with Crippen molar-refractivity contribution >= 4 is 5.97 Å². The first-order chi connectivity index (χ1) is 5.56. The minimum Gasteiger partial charge on any atom is -0.481 e. The molecule has 1 N–H and O–H groups in total. The molecular weight excluding hydrogens is 156 g/mol. The van der Waals surface area contributed by atoms with Crippen LogP contribution in [0.1, 0.15) is 13.8 Å². The summed E-state index contributed by atoms with van der Waals surface area (Å²) in [5.41, 5.74) is 0. The van der Waals surface area contributed by atoms with Crippen LogP contribution in [-0.4, -0.2) is 41.1 Å². The average molecular weight is 172 g/mol. The highest BCUT2D eigenvalue weighted by Gasteiger charge is 2.03. The summed E-state index contributed by atoms with van der Waals surface area (Å²) in [6.45, 7) is 5.40. The summed E-state index contributed by atoms with van der Waals surface area (Å²) in [5.74, 6) is -0.833. The van der Waals surface area contributed by atoms with Crippen LogP contribution in [0.25, 0.3) is 0 Å². The quantitative estimate of drug-likeness (QED) is 0.634. The Kier molecular flexibility index (Phi) is 4.92. The lowest BCUT2D eigenvalue weighted by atomic mass is 10.6. The van der Waals surface area contributed by atoms with E-state index in [-0.39, 0.29) is 0 Å². The molecule has 0 fully saturated rings. The predicted octanol–water partition coefficient (Wildman–Crippen LogP) is 0.773. The summed E-state index contributed by atoms with van der Waals surface area (Å²) in [7, 11) is 2.08. The minimum atomic E-state index is -0.833. The zero-order valence-electron chi connectivity index (χ0n) is 7.82. The highest BCUT2D eigenvalue weighted by atomic mass is 16.4. The van der Waals surface area contributed by atoms with Crippen molar-refractivity contribution in [2.45, 2.75) is 13.8 Å². The molecule has 0 aromatic carbocycles. The van der Waals surface area contributed by atoms with Crippen LogP contribution in [0.3, 0.4) is 0 Å².